The van der Waals surface area contributed by atoms with Crippen LogP contribution in [0.1, 0.15) is 66.3 Å². The summed E-state index contributed by atoms with van der Waals surface area (Å²) in [6, 6.07) is 1.66. The predicted octanol–water partition coefficient (Wildman–Crippen LogP) is 5.39. The molecule has 1 fully saturated rings. The first-order valence-corrected chi connectivity index (χ1v) is 12.9. The number of carbonyl (C=O) groups excluding carboxylic acids is 1. The number of ether oxygens (including phenoxy) is 1. The van der Waals surface area contributed by atoms with Gasteiger partial charge in [0, 0.05) is 43.3 Å². The third-order valence-electron chi connectivity index (χ3n) is 6.93. The molecular weight excluding hydrogens is 467 g/mol. The van der Waals surface area contributed by atoms with Crippen molar-refractivity contribution in [1.82, 2.24) is 15.0 Å². The number of rotatable bonds is 10. The Morgan fingerprint density at radius 3 is 2.74 bits per heavy atom. The molecule has 3 heterocycles. The molecule has 1 aliphatic heterocycles. The van der Waals surface area contributed by atoms with Gasteiger partial charge in [-0.1, -0.05) is 12.8 Å². The predicted molar refractivity (Wildman–Crippen MR) is 122 cm³/mol. The Morgan fingerprint density at radius 2 is 2.03 bits per heavy atom. The van der Waals surface area contributed by atoms with Gasteiger partial charge in [-0.3, -0.25) is 9.69 Å². The minimum Gasteiger partial charge on any atom is -0.479 e. The van der Waals surface area contributed by atoms with E-state index in [4.69, 9.17) is 9.26 Å². The lowest BCUT2D eigenvalue weighted by atomic mass is 9.78. The normalized spacial score (nSPS) is 21.4. The summed E-state index contributed by atoms with van der Waals surface area (Å²) in [7, 11) is 1.52. The summed E-state index contributed by atoms with van der Waals surface area (Å²) in [5.41, 5.74) is 0.972. The highest BCUT2D eigenvalue weighted by atomic mass is 32.1. The molecule has 10 heteroatoms. The number of hydrogen-bond acceptors (Lipinski definition) is 7. The highest BCUT2D eigenvalue weighted by Gasteiger charge is 2.29. The first kappa shape index (κ1) is 25.2. The number of aromatic nitrogens is 2. The van der Waals surface area contributed by atoms with Crippen molar-refractivity contribution in [1.29, 1.82) is 0 Å². The number of hydrogen-bond donors (Lipinski definition) is 0. The molecule has 4 rings (SSSR count). The van der Waals surface area contributed by atoms with Gasteiger partial charge in [0.2, 0.25) is 0 Å². The molecule has 6 nitrogen and oxygen atoms in total. The molecule has 0 saturated heterocycles. The number of aryl methyl sites for hydroxylation is 1. The van der Waals surface area contributed by atoms with Crippen LogP contribution in [0.3, 0.4) is 0 Å². The molecule has 1 saturated carbocycles. The number of fused-ring (bicyclic) bond motifs is 1. The summed E-state index contributed by atoms with van der Waals surface area (Å²) in [5.74, 6) is 2.24. The van der Waals surface area contributed by atoms with Gasteiger partial charge in [0.25, 0.3) is 5.88 Å². The van der Waals surface area contributed by atoms with E-state index in [-0.39, 0.29) is 18.6 Å². The minimum absolute atomic E-state index is 0.0144. The van der Waals surface area contributed by atoms with Gasteiger partial charge >= 0.3 is 6.18 Å². The fourth-order valence-electron chi connectivity index (χ4n) is 5.00. The van der Waals surface area contributed by atoms with Crippen LogP contribution in [0, 0.1) is 11.8 Å². The maximum Gasteiger partial charge on any atom is 0.389 e. The standard InChI is InChI=1S/C24H32F3N3O3S/c1-32-22-14-19(33-29-22)13-18(31)12-17-4-2-16(3-5-17)7-10-30-11-8-21-20(15-30)28-23(34-21)6-9-24(25,26)27/h14,16-17H,2-13,15H2,1H3. The second-order valence-corrected chi connectivity index (χ2v) is 10.7. The van der Waals surface area contributed by atoms with Gasteiger partial charge in [0.1, 0.15) is 11.5 Å². The molecule has 188 valence electrons. The van der Waals surface area contributed by atoms with Crippen molar-refractivity contribution in [3.63, 3.8) is 0 Å². The number of thiazole rings is 1. The number of alkyl halides is 3. The molecule has 0 atom stereocenters. The van der Waals surface area contributed by atoms with E-state index in [2.05, 4.69) is 15.0 Å². The van der Waals surface area contributed by atoms with Gasteiger partial charge in [-0.25, -0.2) is 4.98 Å². The quantitative estimate of drug-likeness (QED) is 0.437. The smallest absolute Gasteiger partial charge is 0.389 e. The van der Waals surface area contributed by atoms with Gasteiger partial charge < -0.3 is 9.26 Å². The van der Waals surface area contributed by atoms with E-state index in [0.29, 0.717) is 34.9 Å². The summed E-state index contributed by atoms with van der Waals surface area (Å²) in [6.45, 7) is 2.69. The van der Waals surface area contributed by atoms with Crippen LogP contribution in [0.4, 0.5) is 13.2 Å². The minimum atomic E-state index is -4.13. The molecular formula is C24H32F3N3O3S. The number of nitrogens with zero attached hydrogens (tertiary/aromatic N) is 3. The van der Waals surface area contributed by atoms with Crippen molar-refractivity contribution in [3.8, 4) is 5.88 Å². The van der Waals surface area contributed by atoms with Crippen molar-refractivity contribution in [2.24, 2.45) is 11.8 Å². The Morgan fingerprint density at radius 1 is 1.26 bits per heavy atom. The molecule has 0 bridgehead atoms. The van der Waals surface area contributed by atoms with Crippen LogP contribution < -0.4 is 4.74 Å². The fraction of sp³-hybridized carbons (Fsp3) is 0.708. The highest BCUT2D eigenvalue weighted by molar-refractivity contribution is 7.11. The Kier molecular flexibility index (Phi) is 8.29. The summed E-state index contributed by atoms with van der Waals surface area (Å²) < 4.78 is 47.6. The van der Waals surface area contributed by atoms with Crippen LogP contribution >= 0.6 is 11.3 Å². The molecule has 2 aromatic rings. The third kappa shape index (κ3) is 7.28. The molecule has 2 aromatic heterocycles. The Balaban J connectivity index is 1.14. The first-order valence-electron chi connectivity index (χ1n) is 12.0. The average Bonchev–Trinajstić information content (AvgIpc) is 3.42. The second kappa shape index (κ2) is 11.2. The van der Waals surface area contributed by atoms with Crippen LogP contribution in [0.15, 0.2) is 10.6 Å². The summed E-state index contributed by atoms with van der Waals surface area (Å²) in [5, 5.41) is 4.35. The summed E-state index contributed by atoms with van der Waals surface area (Å²) in [4.78, 5) is 20.4. The fourth-order valence-corrected chi connectivity index (χ4v) is 6.07. The van der Waals surface area contributed by atoms with Gasteiger partial charge in [-0.2, -0.15) is 13.2 Å². The van der Waals surface area contributed by atoms with Crippen molar-refractivity contribution >= 4 is 17.1 Å². The maximum absolute atomic E-state index is 12.5. The zero-order valence-corrected chi connectivity index (χ0v) is 20.3. The number of ketones is 1. The number of Topliss-reactive ketones (excluding diaryl/α,β-unsaturated/α-hetero) is 1. The zero-order valence-electron chi connectivity index (χ0n) is 19.5. The van der Waals surface area contributed by atoms with E-state index in [1.54, 1.807) is 6.07 Å². The molecule has 2 aliphatic rings. The Bertz CT molecular complexity index is 951. The van der Waals surface area contributed by atoms with E-state index in [1.807, 2.05) is 0 Å². The molecule has 0 spiro atoms. The van der Waals surface area contributed by atoms with Crippen LogP contribution in [0.5, 0.6) is 5.88 Å². The molecule has 0 unspecified atom stereocenters. The molecule has 0 radical (unpaired) electrons. The Hall–Kier alpha value is -1.94. The van der Waals surface area contributed by atoms with Crippen LogP contribution in [-0.4, -0.2) is 47.2 Å². The largest absolute Gasteiger partial charge is 0.479 e. The lowest BCUT2D eigenvalue weighted by Gasteiger charge is -2.31. The summed E-state index contributed by atoms with van der Waals surface area (Å²) >= 11 is 1.45. The van der Waals surface area contributed by atoms with Gasteiger partial charge in [0.15, 0.2) is 0 Å². The Labute approximate surface area is 201 Å². The van der Waals surface area contributed by atoms with Crippen molar-refractivity contribution < 1.29 is 27.2 Å². The highest BCUT2D eigenvalue weighted by Crippen LogP contribution is 2.34. The number of halogens is 3. The topological polar surface area (TPSA) is 68.5 Å². The maximum atomic E-state index is 12.5. The van der Waals surface area contributed by atoms with Crippen molar-refractivity contribution in [2.75, 3.05) is 20.2 Å². The second-order valence-electron chi connectivity index (χ2n) is 9.55. The van der Waals surface area contributed by atoms with E-state index in [1.165, 1.54) is 18.4 Å². The number of carbonyl (C=O) groups is 1. The van der Waals surface area contributed by atoms with Crippen LogP contribution in [0.25, 0.3) is 0 Å². The number of methoxy groups -OCH3 is 1. The average molecular weight is 500 g/mol. The third-order valence-corrected chi connectivity index (χ3v) is 8.14. The van der Waals surface area contributed by atoms with E-state index >= 15 is 0 Å². The van der Waals surface area contributed by atoms with Crippen LogP contribution in [-0.2, 0) is 30.6 Å². The monoisotopic (exact) mass is 499 g/mol. The molecule has 1 aliphatic carbocycles. The van der Waals surface area contributed by atoms with Crippen molar-refractivity contribution in [2.45, 2.75) is 76.9 Å². The van der Waals surface area contributed by atoms with E-state index < -0.39 is 12.6 Å². The molecule has 34 heavy (non-hydrogen) atoms. The zero-order chi connectivity index (χ0) is 24.1. The van der Waals surface area contributed by atoms with E-state index in [0.717, 1.165) is 68.7 Å². The van der Waals surface area contributed by atoms with Gasteiger partial charge in [-0.15, -0.1) is 11.3 Å². The lowest BCUT2D eigenvalue weighted by Crippen LogP contribution is -2.32. The molecule has 0 aromatic carbocycles. The SMILES string of the molecule is COc1cc(CC(=O)CC2CCC(CCN3CCc4sc(CCC(F)(F)F)nc4C3)CC2)on1. The van der Waals surface area contributed by atoms with Gasteiger partial charge in [-0.05, 0) is 49.2 Å². The molecule has 0 N–H and O–H groups in total. The van der Waals surface area contributed by atoms with Crippen molar-refractivity contribution in [3.05, 3.63) is 27.4 Å². The first-order chi connectivity index (χ1) is 16.3. The summed E-state index contributed by atoms with van der Waals surface area (Å²) in [6.07, 6.45) is 2.36. The lowest BCUT2D eigenvalue weighted by molar-refractivity contribution is -0.134. The molecule has 0 amide bonds. The van der Waals surface area contributed by atoms with Gasteiger partial charge in [0.05, 0.1) is 24.2 Å². The van der Waals surface area contributed by atoms with E-state index in [9.17, 15) is 18.0 Å². The van der Waals surface area contributed by atoms with Crippen LogP contribution in [0.2, 0.25) is 0 Å².